The van der Waals surface area contributed by atoms with Crippen LogP contribution in [0.25, 0.3) is 0 Å². The number of benzene rings is 2. The summed E-state index contributed by atoms with van der Waals surface area (Å²) in [6.07, 6.45) is 0. The highest BCUT2D eigenvalue weighted by Gasteiger charge is 2.12. The highest BCUT2D eigenvalue weighted by molar-refractivity contribution is 8.01. The van der Waals surface area contributed by atoms with E-state index in [0.29, 0.717) is 15.2 Å². The molecule has 0 spiro atoms. The van der Waals surface area contributed by atoms with Crippen LogP contribution in [0, 0.1) is 11.6 Å². The van der Waals surface area contributed by atoms with Gasteiger partial charge in [0, 0.05) is 6.07 Å². The number of halogens is 2. The SMILES string of the molecule is COc1ccccc1Nc1nnc(SCC(=O)Nc2cc(F)ccc2F)s1. The first-order chi connectivity index (χ1) is 13.0. The Kier molecular flexibility index (Phi) is 6.20. The minimum atomic E-state index is -0.700. The van der Waals surface area contributed by atoms with E-state index in [9.17, 15) is 13.6 Å². The molecule has 140 valence electrons. The molecule has 1 aromatic heterocycles. The van der Waals surface area contributed by atoms with Crippen LogP contribution in [0.4, 0.5) is 25.3 Å². The van der Waals surface area contributed by atoms with Crippen LogP contribution in [-0.2, 0) is 4.79 Å². The van der Waals surface area contributed by atoms with Gasteiger partial charge >= 0.3 is 0 Å². The molecule has 2 aromatic carbocycles. The summed E-state index contributed by atoms with van der Waals surface area (Å²) in [6, 6.07) is 10.2. The topological polar surface area (TPSA) is 76.1 Å². The normalized spacial score (nSPS) is 10.5. The lowest BCUT2D eigenvalue weighted by Gasteiger charge is -2.07. The largest absolute Gasteiger partial charge is 0.495 e. The van der Waals surface area contributed by atoms with E-state index < -0.39 is 17.5 Å². The third-order valence-corrected chi connectivity index (χ3v) is 5.26. The number of nitrogens with zero attached hydrogens (tertiary/aromatic N) is 2. The van der Waals surface area contributed by atoms with Crippen molar-refractivity contribution in [2.24, 2.45) is 0 Å². The summed E-state index contributed by atoms with van der Waals surface area (Å²) < 4.78 is 32.5. The predicted octanol–water partition coefficient (Wildman–Crippen LogP) is 4.30. The maximum absolute atomic E-state index is 13.5. The lowest BCUT2D eigenvalue weighted by atomic mass is 10.3. The number of ether oxygens (including phenoxy) is 1. The Morgan fingerprint density at radius 2 is 2.00 bits per heavy atom. The molecule has 10 heteroatoms. The van der Waals surface area contributed by atoms with E-state index in [1.807, 2.05) is 24.3 Å². The molecule has 6 nitrogen and oxygen atoms in total. The van der Waals surface area contributed by atoms with Crippen molar-refractivity contribution < 1.29 is 18.3 Å². The Balaban J connectivity index is 1.56. The van der Waals surface area contributed by atoms with Crippen molar-refractivity contribution in [3.63, 3.8) is 0 Å². The molecule has 0 unspecified atom stereocenters. The van der Waals surface area contributed by atoms with E-state index in [0.717, 1.165) is 35.6 Å². The number of para-hydroxylation sites is 2. The summed E-state index contributed by atoms with van der Waals surface area (Å²) >= 11 is 2.41. The van der Waals surface area contributed by atoms with Crippen LogP contribution in [-0.4, -0.2) is 29.0 Å². The number of hydrogen-bond donors (Lipinski definition) is 2. The summed E-state index contributed by atoms with van der Waals surface area (Å²) in [6.45, 7) is 0. The first-order valence-corrected chi connectivity index (χ1v) is 9.46. The zero-order chi connectivity index (χ0) is 19.2. The Morgan fingerprint density at radius 3 is 2.81 bits per heavy atom. The molecular formula is C17H14F2N4O2S2. The average Bonchev–Trinajstić information content (AvgIpc) is 3.11. The van der Waals surface area contributed by atoms with Crippen LogP contribution >= 0.6 is 23.1 Å². The molecule has 3 rings (SSSR count). The number of thioether (sulfide) groups is 1. The number of rotatable bonds is 7. The van der Waals surface area contributed by atoms with Crippen LogP contribution < -0.4 is 15.4 Å². The number of aromatic nitrogens is 2. The average molecular weight is 408 g/mol. The lowest BCUT2D eigenvalue weighted by Crippen LogP contribution is -2.15. The molecule has 3 aromatic rings. The molecule has 27 heavy (non-hydrogen) atoms. The predicted molar refractivity (Wildman–Crippen MR) is 102 cm³/mol. The standard InChI is InChI=1S/C17H14F2N4O2S2/c1-25-14-5-3-2-4-12(14)21-16-22-23-17(27-16)26-9-15(24)20-13-8-10(18)6-7-11(13)19/h2-8H,9H2,1H3,(H,20,24)(H,21,22). The molecule has 1 amide bonds. The molecule has 0 saturated heterocycles. The Morgan fingerprint density at radius 1 is 1.19 bits per heavy atom. The van der Waals surface area contributed by atoms with Crippen molar-refractivity contribution in [2.75, 3.05) is 23.5 Å². The fourth-order valence-corrected chi connectivity index (χ4v) is 3.65. The molecule has 0 atom stereocenters. The third kappa shape index (κ3) is 5.14. The molecule has 0 aliphatic carbocycles. The van der Waals surface area contributed by atoms with Gasteiger partial charge in [-0.05, 0) is 24.3 Å². The number of carbonyl (C=O) groups excluding carboxylic acids is 1. The van der Waals surface area contributed by atoms with Crippen molar-refractivity contribution >= 4 is 45.5 Å². The number of hydrogen-bond acceptors (Lipinski definition) is 7. The van der Waals surface area contributed by atoms with Crippen LogP contribution in [0.2, 0.25) is 0 Å². The van der Waals surface area contributed by atoms with Gasteiger partial charge in [0.05, 0.1) is 24.2 Å². The fraction of sp³-hybridized carbons (Fsp3) is 0.118. The van der Waals surface area contributed by atoms with Crippen LogP contribution in [0.15, 0.2) is 46.8 Å². The highest BCUT2D eigenvalue weighted by atomic mass is 32.2. The maximum Gasteiger partial charge on any atom is 0.234 e. The summed E-state index contributed by atoms with van der Waals surface area (Å²) in [7, 11) is 1.57. The van der Waals surface area contributed by atoms with Gasteiger partial charge in [0.25, 0.3) is 0 Å². The van der Waals surface area contributed by atoms with Gasteiger partial charge in [0.1, 0.15) is 17.4 Å². The highest BCUT2D eigenvalue weighted by Crippen LogP contribution is 2.31. The molecule has 2 N–H and O–H groups in total. The van der Waals surface area contributed by atoms with Crippen LogP contribution in [0.1, 0.15) is 0 Å². The van der Waals surface area contributed by atoms with E-state index in [1.165, 1.54) is 11.3 Å². The summed E-state index contributed by atoms with van der Waals surface area (Å²) in [5.41, 5.74) is 0.545. The monoisotopic (exact) mass is 408 g/mol. The molecular weight excluding hydrogens is 394 g/mol. The Labute approximate surface area is 162 Å². The van der Waals surface area contributed by atoms with Gasteiger partial charge in [-0.1, -0.05) is 35.2 Å². The molecule has 0 aliphatic heterocycles. The molecule has 0 saturated carbocycles. The van der Waals surface area contributed by atoms with E-state index in [4.69, 9.17) is 4.74 Å². The number of anilines is 3. The van der Waals surface area contributed by atoms with Gasteiger partial charge in [-0.2, -0.15) is 0 Å². The van der Waals surface area contributed by atoms with Crippen molar-refractivity contribution in [1.29, 1.82) is 0 Å². The van der Waals surface area contributed by atoms with Gasteiger partial charge in [0.2, 0.25) is 11.0 Å². The zero-order valence-electron chi connectivity index (χ0n) is 14.0. The van der Waals surface area contributed by atoms with Crippen LogP contribution in [0.3, 0.4) is 0 Å². The smallest absolute Gasteiger partial charge is 0.234 e. The van der Waals surface area contributed by atoms with Gasteiger partial charge < -0.3 is 15.4 Å². The van der Waals surface area contributed by atoms with Crippen molar-refractivity contribution in [3.05, 3.63) is 54.1 Å². The summed E-state index contributed by atoms with van der Waals surface area (Å²) in [4.78, 5) is 11.9. The number of methoxy groups -OCH3 is 1. The van der Waals surface area contributed by atoms with E-state index in [1.54, 1.807) is 7.11 Å². The second-order valence-electron chi connectivity index (χ2n) is 5.16. The molecule has 0 radical (unpaired) electrons. The minimum absolute atomic E-state index is 0.0146. The third-order valence-electron chi connectivity index (χ3n) is 3.28. The molecule has 0 bridgehead atoms. The Bertz CT molecular complexity index is 952. The second-order valence-corrected chi connectivity index (χ2v) is 7.36. The first-order valence-electron chi connectivity index (χ1n) is 7.66. The number of amides is 1. The zero-order valence-corrected chi connectivity index (χ0v) is 15.7. The van der Waals surface area contributed by atoms with Crippen molar-refractivity contribution in [1.82, 2.24) is 10.2 Å². The maximum atomic E-state index is 13.5. The lowest BCUT2D eigenvalue weighted by molar-refractivity contribution is -0.113. The molecule has 0 aliphatic rings. The number of nitrogens with one attached hydrogen (secondary N) is 2. The van der Waals surface area contributed by atoms with Crippen molar-refractivity contribution in [2.45, 2.75) is 4.34 Å². The van der Waals surface area contributed by atoms with Gasteiger partial charge in [0.15, 0.2) is 4.34 Å². The Hall–Kier alpha value is -2.72. The quantitative estimate of drug-likeness (QED) is 0.568. The van der Waals surface area contributed by atoms with E-state index in [2.05, 4.69) is 20.8 Å². The minimum Gasteiger partial charge on any atom is -0.495 e. The van der Waals surface area contributed by atoms with E-state index in [-0.39, 0.29) is 11.4 Å². The fourth-order valence-electron chi connectivity index (χ4n) is 2.09. The molecule has 0 fully saturated rings. The summed E-state index contributed by atoms with van der Waals surface area (Å²) in [5.74, 6) is -1.15. The van der Waals surface area contributed by atoms with Gasteiger partial charge in [-0.3, -0.25) is 4.79 Å². The van der Waals surface area contributed by atoms with Crippen molar-refractivity contribution in [3.8, 4) is 5.75 Å². The second kappa shape index (κ2) is 8.78. The molecule has 1 heterocycles. The summed E-state index contributed by atoms with van der Waals surface area (Å²) in [5, 5.41) is 14.0. The van der Waals surface area contributed by atoms with Crippen LogP contribution in [0.5, 0.6) is 5.75 Å². The van der Waals surface area contributed by atoms with Gasteiger partial charge in [-0.15, -0.1) is 10.2 Å². The van der Waals surface area contributed by atoms with E-state index >= 15 is 0 Å². The van der Waals surface area contributed by atoms with Gasteiger partial charge in [-0.25, -0.2) is 8.78 Å². The first kappa shape index (κ1) is 19.1. The number of carbonyl (C=O) groups is 1.